The molecule has 37 nitrogen and oxygen atoms in total. The predicted molar refractivity (Wildman–Crippen MR) is 367 cm³/mol. The number of esters is 1. The minimum absolute atomic E-state index is 0.00518. The van der Waals surface area contributed by atoms with Gasteiger partial charge >= 0.3 is 34.0 Å². The Morgan fingerprint density at radius 2 is 1.13 bits per heavy atom. The number of nitrogens with zero attached hydrogens (tertiary/aromatic N) is 12. The minimum Gasteiger partial charge on any atom is -0.465 e. The van der Waals surface area contributed by atoms with Crippen molar-refractivity contribution >= 4 is 120 Å². The van der Waals surface area contributed by atoms with Gasteiger partial charge in [0.1, 0.15) is 96.6 Å². The lowest BCUT2D eigenvalue weighted by Gasteiger charge is -2.39. The molecule has 0 amide bonds. The lowest BCUT2D eigenvalue weighted by atomic mass is 9.89. The van der Waals surface area contributed by atoms with Crippen molar-refractivity contribution < 1.29 is 104 Å². The number of ether oxygens (including phenoxy) is 6. The second-order valence-corrected chi connectivity index (χ2v) is 35.3. The van der Waals surface area contributed by atoms with Gasteiger partial charge in [-0.05, 0) is 54.3 Å². The van der Waals surface area contributed by atoms with Gasteiger partial charge in [0.2, 0.25) is 0 Å². The van der Waals surface area contributed by atoms with E-state index in [2.05, 4.69) is 51.8 Å². The summed E-state index contributed by atoms with van der Waals surface area (Å²) in [5, 5.41) is 21.4. The number of nitrogen functional groups attached to an aromatic ring is 3. The molecule has 100 heavy (non-hydrogen) atoms. The van der Waals surface area contributed by atoms with E-state index in [0.717, 1.165) is 31.9 Å². The van der Waals surface area contributed by atoms with E-state index >= 15 is 0 Å². The van der Waals surface area contributed by atoms with Gasteiger partial charge in [-0.3, -0.25) is 41.1 Å². The van der Waals surface area contributed by atoms with Gasteiger partial charge in [0.05, 0.1) is 52.0 Å². The molecular weight excluding hydrogens is 1450 g/mol. The molecule has 0 aliphatic carbocycles. The third-order valence-corrected chi connectivity index (χ3v) is 24.4. The van der Waals surface area contributed by atoms with Crippen LogP contribution in [0.3, 0.4) is 0 Å². The van der Waals surface area contributed by atoms with Crippen LogP contribution in [0.15, 0.2) is 38.0 Å². The SMILES string of the molecule is CCCCCCCCCCCCCCCCCC(=O)OCCSP(=O)(O)OC1C2OCCC[C@]2(COP(O)(=S)OC2C(O)[C@@H](COP(O)(=S)OC3C(OC)[C@@H](COP(=O)(O)OCCO)O[C@H]3n3cnc4c(N)ncnc43)O[C@H]2n2cnc3c(N)ncnc32)O[C@H]1n1cnc2c(N)ncnc21. The summed E-state index contributed by atoms with van der Waals surface area (Å²) < 4.78 is 109. The van der Waals surface area contributed by atoms with Crippen LogP contribution in [-0.4, -0.2) is 208 Å². The topological polar surface area (TPSA) is 501 Å². The second kappa shape index (κ2) is 35.8. The number of unbranched alkanes of at least 4 members (excludes halogenated alkanes) is 14. The number of anilines is 3. The van der Waals surface area contributed by atoms with Gasteiger partial charge in [-0.1, -0.05) is 96.8 Å². The predicted octanol–water partition coefficient (Wildman–Crippen LogP) is 6.26. The number of hydrogen-bond donors (Lipinski definition) is 9. The van der Waals surface area contributed by atoms with Crippen LogP contribution in [0.1, 0.15) is 141 Å². The first kappa shape index (κ1) is 78.5. The van der Waals surface area contributed by atoms with Crippen LogP contribution in [0.5, 0.6) is 0 Å². The van der Waals surface area contributed by atoms with Crippen LogP contribution in [0.4, 0.5) is 17.5 Å². The molecule has 44 heteroatoms. The molecule has 0 bridgehead atoms. The number of fused-ring (bicyclic) bond motifs is 4. The smallest absolute Gasteiger partial charge is 0.465 e. The molecule has 4 fully saturated rings. The van der Waals surface area contributed by atoms with Gasteiger partial charge in [0, 0.05) is 25.9 Å². The molecule has 12 N–H and O–H groups in total. The van der Waals surface area contributed by atoms with Gasteiger partial charge in [-0.25, -0.2) is 54.0 Å². The summed E-state index contributed by atoms with van der Waals surface area (Å²) in [6.07, 6.45) is 10.2. The van der Waals surface area contributed by atoms with Gasteiger partial charge in [0.15, 0.2) is 53.1 Å². The van der Waals surface area contributed by atoms with Crippen LogP contribution in [0, 0.1) is 0 Å². The van der Waals surface area contributed by atoms with Crippen molar-refractivity contribution in [3.63, 3.8) is 0 Å². The number of imidazole rings is 3. The number of aromatic nitrogens is 12. The number of aliphatic hydroxyl groups excluding tert-OH is 2. The fourth-order valence-corrected chi connectivity index (χ4v) is 18.4. The van der Waals surface area contributed by atoms with Gasteiger partial charge in [0.25, 0.3) is 0 Å². The maximum absolute atomic E-state index is 14.2. The quantitative estimate of drug-likeness (QED) is 0.0116. The highest BCUT2D eigenvalue weighted by Gasteiger charge is 2.61. The highest BCUT2D eigenvalue weighted by molar-refractivity contribution is 8.54. The Morgan fingerprint density at radius 1 is 0.630 bits per heavy atom. The Labute approximate surface area is 589 Å². The van der Waals surface area contributed by atoms with Crippen LogP contribution in [0.25, 0.3) is 33.5 Å². The number of phosphoric acid groups is 1. The zero-order chi connectivity index (χ0) is 71.2. The monoisotopic (exact) mass is 1540 g/mol. The van der Waals surface area contributed by atoms with Gasteiger partial charge in [-0.2, -0.15) is 0 Å². The van der Waals surface area contributed by atoms with Crippen molar-refractivity contribution in [3.8, 4) is 0 Å². The third kappa shape index (κ3) is 19.9. The first-order valence-electron chi connectivity index (χ1n) is 32.9. The van der Waals surface area contributed by atoms with Crippen molar-refractivity contribution in [1.82, 2.24) is 58.6 Å². The molecule has 0 radical (unpaired) electrons. The average molecular weight is 1540 g/mol. The van der Waals surface area contributed by atoms with Crippen molar-refractivity contribution in [2.75, 3.05) is 76.3 Å². The Kier molecular flexibility index (Phi) is 28.1. The summed E-state index contributed by atoms with van der Waals surface area (Å²) in [5.74, 6) is -0.512. The van der Waals surface area contributed by atoms with E-state index in [9.17, 15) is 43.7 Å². The molecule has 10 unspecified atom stereocenters. The largest absolute Gasteiger partial charge is 0.472 e. The molecule has 10 rings (SSSR count). The van der Waals surface area contributed by atoms with E-state index < -0.39 is 140 Å². The van der Waals surface area contributed by atoms with Crippen LogP contribution in [0.2, 0.25) is 0 Å². The maximum Gasteiger partial charge on any atom is 0.472 e. The molecule has 0 spiro atoms. The summed E-state index contributed by atoms with van der Waals surface area (Å²) in [7, 11) is -3.50. The highest BCUT2D eigenvalue weighted by atomic mass is 32.7. The third-order valence-electron chi connectivity index (χ3n) is 17.3. The van der Waals surface area contributed by atoms with Crippen molar-refractivity contribution in [2.24, 2.45) is 0 Å². The fraction of sp³-hybridized carbons (Fsp3) is 0.714. The lowest BCUT2D eigenvalue weighted by molar-refractivity contribution is -0.164. The molecule has 16 atom stereocenters. The normalized spacial score (nSPS) is 27.2. The van der Waals surface area contributed by atoms with Crippen LogP contribution in [-0.2, 0) is 97.6 Å². The number of carbonyl (C=O) groups excluding carboxylic acids is 1. The van der Waals surface area contributed by atoms with Crippen molar-refractivity contribution in [1.29, 1.82) is 0 Å². The molecule has 6 aromatic rings. The number of methoxy groups -OCH3 is 1. The molecule has 4 saturated heterocycles. The number of hydrogen-bond acceptors (Lipinski definition) is 33. The van der Waals surface area contributed by atoms with E-state index in [1.54, 1.807) is 0 Å². The number of carbonyl (C=O) groups is 1. The van der Waals surface area contributed by atoms with E-state index in [4.69, 9.17) is 101 Å². The zero-order valence-electron chi connectivity index (χ0n) is 55.0. The molecule has 6 aromatic heterocycles. The van der Waals surface area contributed by atoms with E-state index in [0.29, 0.717) is 24.2 Å². The van der Waals surface area contributed by atoms with E-state index in [-0.39, 0.29) is 82.8 Å². The molecule has 0 aromatic carbocycles. The van der Waals surface area contributed by atoms with Crippen molar-refractivity contribution in [3.05, 3.63) is 38.0 Å². The van der Waals surface area contributed by atoms with Gasteiger partial charge in [-0.15, -0.1) is 0 Å². The Bertz CT molecular complexity index is 3880. The Hall–Kier alpha value is -4.09. The number of nitrogens with two attached hydrogens (primary N) is 3. The fourth-order valence-electron chi connectivity index (χ4n) is 12.5. The summed E-state index contributed by atoms with van der Waals surface area (Å²) in [6.45, 7) is -14.9. The second-order valence-electron chi connectivity index (χ2n) is 24.3. The standard InChI is InChI=1S/C56H87N15O22P4S3/c1-3-4-5-6-7-8-9-10-11-12-13-14-15-16-17-19-37(73)82-24-25-100-95(77,78)91-45-46-56(20-18-22-83-46,90-55(45)71-34-68-40-49(59)62-31-65-52(40)71)28-87-97(80,99)92-43-41(74)35(88-53(43)69-32-66-38-47(57)60-29-63-50(38)69)26-86-96(79,98)93-44-42(81-2)36(27-85-94(75,76)84-23-21-72)89-54(44)70-33-67-39-48(58)61-30-64-51(39)70/h29-36,41-46,53-55,72,74H,3-28H2,1-2H3,(H,75,76)(H,77,78)(H,79,98)(H,80,99)(H2,57,60,63)(H2,58,61,64)(H2,59,62,65)/t35-,36-,41?,42?,43?,44?,45?,46?,53-,54-,55-,56-,96?,97?/m1/s1. The van der Waals surface area contributed by atoms with Gasteiger partial charge < -0.3 is 84.5 Å². The molecule has 10 heterocycles. The molecule has 0 saturated carbocycles. The molecular formula is C56H87N15O22P4S3. The Morgan fingerprint density at radius 3 is 1.68 bits per heavy atom. The van der Waals surface area contributed by atoms with Crippen LogP contribution >= 0.6 is 39.4 Å². The summed E-state index contributed by atoms with van der Waals surface area (Å²) in [4.78, 5) is 96.7. The molecule has 4 aliphatic rings. The van der Waals surface area contributed by atoms with E-state index in [1.165, 1.54) is 117 Å². The zero-order valence-corrected chi connectivity index (χ0v) is 61.1. The lowest BCUT2D eigenvalue weighted by Crippen LogP contribution is -2.51. The minimum atomic E-state index is -4.76. The summed E-state index contributed by atoms with van der Waals surface area (Å²) in [5.41, 5.74) is 17.6. The maximum atomic E-state index is 14.2. The summed E-state index contributed by atoms with van der Waals surface area (Å²) in [6, 6.07) is 0. The number of rotatable bonds is 42. The average Bonchev–Trinajstić information content (AvgIpc) is 1.61. The highest BCUT2D eigenvalue weighted by Crippen LogP contribution is 2.62. The first-order valence-corrected chi connectivity index (χ1v) is 42.8. The van der Waals surface area contributed by atoms with E-state index in [1.807, 2.05) is 0 Å². The molecule has 4 aliphatic heterocycles. The van der Waals surface area contributed by atoms with Crippen LogP contribution < -0.4 is 17.2 Å². The molecule has 556 valence electrons. The number of aliphatic hydroxyl groups is 2. The van der Waals surface area contributed by atoms with Crippen molar-refractivity contribution in [2.45, 2.75) is 196 Å². The summed E-state index contributed by atoms with van der Waals surface area (Å²) >= 11 is 11.8. The Balaban J connectivity index is 0.797. The first-order chi connectivity index (χ1) is 48.0. The number of phosphoric ester groups is 1.